The minimum Gasteiger partial charge on any atom is -0.482 e. The molecule has 0 spiro atoms. The molecular formula is C24H17NO6. The van der Waals surface area contributed by atoms with Gasteiger partial charge in [-0.15, -0.1) is 0 Å². The summed E-state index contributed by atoms with van der Waals surface area (Å²) in [7, 11) is 0. The van der Waals surface area contributed by atoms with Crippen LogP contribution in [-0.2, 0) is 0 Å². The van der Waals surface area contributed by atoms with Gasteiger partial charge in [0.25, 0.3) is 5.69 Å². The molecule has 1 heterocycles. The molecule has 0 radical (unpaired) electrons. The quantitative estimate of drug-likeness (QED) is 0.190. The molecule has 4 aromatic rings. The van der Waals surface area contributed by atoms with Crippen LogP contribution in [-0.4, -0.2) is 16.8 Å². The zero-order valence-electron chi connectivity index (χ0n) is 16.5. The van der Waals surface area contributed by atoms with E-state index >= 15 is 0 Å². The smallest absolute Gasteiger partial charge is 0.336 e. The van der Waals surface area contributed by atoms with Gasteiger partial charge in [0.2, 0.25) is 5.78 Å². The normalized spacial score (nSPS) is 11.8. The average Bonchev–Trinajstić information content (AvgIpc) is 2.78. The van der Waals surface area contributed by atoms with E-state index in [4.69, 9.17) is 9.15 Å². The van der Waals surface area contributed by atoms with Crippen molar-refractivity contribution in [3.8, 4) is 16.9 Å². The summed E-state index contributed by atoms with van der Waals surface area (Å²) in [4.78, 5) is 35.3. The number of rotatable bonds is 6. The summed E-state index contributed by atoms with van der Waals surface area (Å²) in [5.41, 5.74) is 1.15. The molecule has 0 bridgehead atoms. The summed E-state index contributed by atoms with van der Waals surface area (Å²) in [5, 5.41) is 11.7. The van der Waals surface area contributed by atoms with Gasteiger partial charge < -0.3 is 9.15 Å². The van der Waals surface area contributed by atoms with E-state index in [1.807, 2.05) is 6.07 Å². The summed E-state index contributed by atoms with van der Waals surface area (Å²) < 4.78 is 11.1. The molecule has 7 heteroatoms. The third-order valence-corrected chi connectivity index (χ3v) is 4.82. The van der Waals surface area contributed by atoms with Crippen LogP contribution < -0.4 is 10.4 Å². The first-order valence-corrected chi connectivity index (χ1v) is 9.51. The second kappa shape index (κ2) is 8.23. The van der Waals surface area contributed by atoms with Gasteiger partial charge in [-0.25, -0.2) is 4.79 Å². The molecule has 0 aliphatic heterocycles. The van der Waals surface area contributed by atoms with Crippen LogP contribution in [0.3, 0.4) is 0 Å². The molecule has 1 aromatic heterocycles. The number of benzene rings is 3. The average molecular weight is 415 g/mol. The minimum absolute atomic E-state index is 0.0768. The van der Waals surface area contributed by atoms with E-state index < -0.39 is 16.7 Å². The first kappa shape index (κ1) is 20.0. The fourth-order valence-electron chi connectivity index (χ4n) is 3.34. The second-order valence-corrected chi connectivity index (χ2v) is 6.93. The van der Waals surface area contributed by atoms with E-state index in [1.165, 1.54) is 24.3 Å². The number of carbonyl (C=O) groups is 1. The Labute approximate surface area is 176 Å². The van der Waals surface area contributed by atoms with Gasteiger partial charge in [-0.2, -0.15) is 0 Å². The van der Waals surface area contributed by atoms with Crippen LogP contribution in [0.25, 0.3) is 22.1 Å². The van der Waals surface area contributed by atoms with E-state index in [0.29, 0.717) is 27.8 Å². The van der Waals surface area contributed by atoms with E-state index in [2.05, 4.69) is 0 Å². The molecule has 1 atom stereocenters. The van der Waals surface area contributed by atoms with Gasteiger partial charge >= 0.3 is 5.63 Å². The summed E-state index contributed by atoms with van der Waals surface area (Å²) in [6, 6.07) is 21.0. The lowest BCUT2D eigenvalue weighted by atomic mass is 10.0. The van der Waals surface area contributed by atoms with Crippen molar-refractivity contribution in [2.45, 2.75) is 13.0 Å². The number of carbonyl (C=O) groups excluding carboxylic acids is 1. The molecule has 0 amide bonds. The first-order valence-electron chi connectivity index (χ1n) is 9.51. The number of nitro benzene ring substituents is 1. The number of Topliss-reactive ketones (excluding diaryl/α,β-unsaturated/α-hetero) is 1. The topological polar surface area (TPSA) is 99.7 Å². The van der Waals surface area contributed by atoms with E-state index in [0.717, 1.165) is 0 Å². The number of fused-ring (bicyclic) bond motifs is 1. The zero-order chi connectivity index (χ0) is 22.0. The van der Waals surface area contributed by atoms with Crippen LogP contribution in [0.4, 0.5) is 5.69 Å². The monoisotopic (exact) mass is 415 g/mol. The SMILES string of the molecule is CC(Oc1ccc2c(-c3cccc([N+](=O)[O-])c3)cc(=O)oc2c1)C(=O)c1ccccc1. The fraction of sp³-hybridized carbons (Fsp3) is 0.0833. The molecule has 154 valence electrons. The number of nitrogens with zero attached hydrogens (tertiary/aromatic N) is 1. The third kappa shape index (κ3) is 4.20. The van der Waals surface area contributed by atoms with Gasteiger partial charge in [0.05, 0.1) is 4.92 Å². The Bertz CT molecular complexity index is 1340. The summed E-state index contributed by atoms with van der Waals surface area (Å²) in [6.45, 7) is 1.65. The Morgan fingerprint density at radius 1 is 1.00 bits per heavy atom. The molecule has 0 N–H and O–H groups in total. The Morgan fingerprint density at radius 3 is 2.52 bits per heavy atom. The number of ketones is 1. The first-order chi connectivity index (χ1) is 14.9. The molecule has 1 unspecified atom stereocenters. The fourth-order valence-corrected chi connectivity index (χ4v) is 3.34. The lowest BCUT2D eigenvalue weighted by Crippen LogP contribution is -2.23. The van der Waals surface area contributed by atoms with Crippen LogP contribution in [0.15, 0.2) is 88.1 Å². The molecule has 0 saturated heterocycles. The maximum Gasteiger partial charge on any atom is 0.336 e. The molecule has 4 rings (SSSR count). The van der Waals surface area contributed by atoms with Gasteiger partial charge in [0, 0.05) is 40.8 Å². The van der Waals surface area contributed by atoms with Crippen molar-refractivity contribution in [2.24, 2.45) is 0 Å². The molecule has 0 fully saturated rings. The highest BCUT2D eigenvalue weighted by Crippen LogP contribution is 2.31. The standard InChI is InChI=1S/C24H17NO6/c1-15(24(27)16-6-3-2-4-7-16)30-19-10-11-20-21(14-23(26)31-22(20)13-19)17-8-5-9-18(12-17)25(28)29/h2-15H,1H3. The zero-order valence-corrected chi connectivity index (χ0v) is 16.5. The maximum absolute atomic E-state index is 12.5. The van der Waals surface area contributed by atoms with Crippen molar-refractivity contribution in [3.05, 3.63) is 105 Å². The summed E-state index contributed by atoms with van der Waals surface area (Å²) >= 11 is 0. The van der Waals surface area contributed by atoms with E-state index in [9.17, 15) is 19.7 Å². The van der Waals surface area contributed by atoms with Crippen molar-refractivity contribution in [1.82, 2.24) is 0 Å². The van der Waals surface area contributed by atoms with Crippen LogP contribution in [0.2, 0.25) is 0 Å². The van der Waals surface area contributed by atoms with Gasteiger partial charge in [-0.1, -0.05) is 42.5 Å². The van der Waals surface area contributed by atoms with E-state index in [1.54, 1.807) is 55.5 Å². The van der Waals surface area contributed by atoms with Gasteiger partial charge in [0.1, 0.15) is 11.3 Å². The predicted molar refractivity (Wildman–Crippen MR) is 115 cm³/mol. The van der Waals surface area contributed by atoms with Crippen molar-refractivity contribution < 1.29 is 18.9 Å². The largest absolute Gasteiger partial charge is 0.482 e. The highest BCUT2D eigenvalue weighted by molar-refractivity contribution is 5.99. The molecule has 0 aliphatic carbocycles. The van der Waals surface area contributed by atoms with E-state index in [-0.39, 0.29) is 17.1 Å². The van der Waals surface area contributed by atoms with Crippen LogP contribution in [0.1, 0.15) is 17.3 Å². The lowest BCUT2D eigenvalue weighted by Gasteiger charge is -2.14. The predicted octanol–water partition coefficient (Wildman–Crippen LogP) is 5.02. The summed E-state index contributed by atoms with van der Waals surface area (Å²) in [5.74, 6) is 0.191. The molecule has 3 aromatic carbocycles. The third-order valence-electron chi connectivity index (χ3n) is 4.82. The number of hydrogen-bond acceptors (Lipinski definition) is 6. The highest BCUT2D eigenvalue weighted by atomic mass is 16.6. The molecule has 31 heavy (non-hydrogen) atoms. The Balaban J connectivity index is 1.69. The van der Waals surface area contributed by atoms with Crippen molar-refractivity contribution in [2.75, 3.05) is 0 Å². The van der Waals surface area contributed by atoms with Gasteiger partial charge in [-0.05, 0) is 24.6 Å². The number of non-ortho nitro benzene ring substituents is 1. The highest BCUT2D eigenvalue weighted by Gasteiger charge is 2.18. The van der Waals surface area contributed by atoms with Crippen LogP contribution in [0, 0.1) is 10.1 Å². The molecular weight excluding hydrogens is 398 g/mol. The molecule has 0 saturated carbocycles. The lowest BCUT2D eigenvalue weighted by molar-refractivity contribution is -0.384. The van der Waals surface area contributed by atoms with Gasteiger partial charge in [-0.3, -0.25) is 14.9 Å². The molecule has 7 nitrogen and oxygen atoms in total. The second-order valence-electron chi connectivity index (χ2n) is 6.93. The molecule has 0 aliphatic rings. The van der Waals surface area contributed by atoms with Crippen molar-refractivity contribution in [3.63, 3.8) is 0 Å². The van der Waals surface area contributed by atoms with Crippen LogP contribution in [0.5, 0.6) is 5.75 Å². The number of hydrogen-bond donors (Lipinski definition) is 0. The van der Waals surface area contributed by atoms with Crippen LogP contribution >= 0.6 is 0 Å². The summed E-state index contributed by atoms with van der Waals surface area (Å²) in [6.07, 6.45) is -0.744. The van der Waals surface area contributed by atoms with Crippen molar-refractivity contribution >= 4 is 22.4 Å². The van der Waals surface area contributed by atoms with Gasteiger partial charge in [0.15, 0.2) is 6.10 Å². The number of ether oxygens (including phenoxy) is 1. The Morgan fingerprint density at radius 2 is 1.77 bits per heavy atom. The minimum atomic E-state index is -0.744. The Kier molecular flexibility index (Phi) is 5.32. The van der Waals surface area contributed by atoms with Crippen molar-refractivity contribution in [1.29, 1.82) is 0 Å². The number of nitro groups is 1. The maximum atomic E-state index is 12.5. The Hall–Kier alpha value is -4.26.